The van der Waals surface area contributed by atoms with Gasteiger partial charge in [-0.05, 0) is 63.2 Å². The summed E-state index contributed by atoms with van der Waals surface area (Å²) < 4.78 is 69.8. The number of sulfonamides is 1. The van der Waals surface area contributed by atoms with Crippen LogP contribution in [0.15, 0.2) is 89.0 Å². The largest absolute Gasteiger partial charge is 0.569 e. The summed E-state index contributed by atoms with van der Waals surface area (Å²) in [6.07, 6.45) is -4.74. The number of hydrogen-bond donors (Lipinski definition) is 1. The second-order valence-corrected chi connectivity index (χ2v) is 13.1. The van der Waals surface area contributed by atoms with Crippen molar-refractivity contribution in [3.05, 3.63) is 106 Å². The van der Waals surface area contributed by atoms with Crippen molar-refractivity contribution in [2.45, 2.75) is 37.4 Å². The molecule has 14 nitrogen and oxygen atoms in total. The third kappa shape index (κ3) is 6.80. The number of alkyl halides is 3. The number of benzene rings is 3. The number of carbonyl (C=O) groups is 3. The molecule has 0 bridgehead atoms. The fourth-order valence-electron chi connectivity index (χ4n) is 4.62. The molecule has 0 fully saturated rings. The zero-order valence-corrected chi connectivity index (χ0v) is 27.1. The third-order valence-corrected chi connectivity index (χ3v) is 9.13. The SMILES string of the molecule is Cc1ccc(-c2cc(C(F)(F)F)nn2-c2ccc(S(=O)(=O)NC(=O)C(C)(C)N(C)/[N+]([O-])=N/OCN3C(=O)c4ccccc4C3=O)cc2)cc1. The maximum Gasteiger partial charge on any atom is 0.435 e. The van der Waals surface area contributed by atoms with Gasteiger partial charge in [-0.1, -0.05) is 42.0 Å². The van der Waals surface area contributed by atoms with E-state index in [4.69, 9.17) is 4.84 Å². The molecule has 0 aliphatic carbocycles. The number of halogens is 3. The minimum Gasteiger partial charge on any atom is -0.569 e. The molecule has 0 unspecified atom stereocenters. The molecule has 2 heterocycles. The first-order chi connectivity index (χ1) is 22.9. The van der Waals surface area contributed by atoms with E-state index in [-0.39, 0.29) is 27.5 Å². The summed E-state index contributed by atoms with van der Waals surface area (Å²) in [5.74, 6) is -2.46. The van der Waals surface area contributed by atoms with Gasteiger partial charge in [-0.2, -0.15) is 18.3 Å². The number of carbonyl (C=O) groups excluding carboxylic acids is 3. The summed E-state index contributed by atoms with van der Waals surface area (Å²) in [6.45, 7) is 3.55. The number of likely N-dealkylation sites (N-methyl/N-ethyl adjacent to an activating group) is 1. The Kier molecular flexibility index (Phi) is 8.94. The van der Waals surface area contributed by atoms with Crippen LogP contribution < -0.4 is 4.72 Å². The monoisotopic (exact) mass is 699 g/mol. The van der Waals surface area contributed by atoms with Crippen LogP contribution in [0.4, 0.5) is 13.2 Å². The van der Waals surface area contributed by atoms with Crippen LogP contribution >= 0.6 is 0 Å². The van der Waals surface area contributed by atoms with E-state index in [0.717, 1.165) is 40.4 Å². The predicted molar refractivity (Wildman–Crippen MR) is 165 cm³/mol. The molecule has 1 aliphatic heterocycles. The Morgan fingerprint density at radius 3 is 2.12 bits per heavy atom. The first kappa shape index (κ1) is 34.6. The van der Waals surface area contributed by atoms with E-state index in [9.17, 15) is 41.2 Å². The van der Waals surface area contributed by atoms with Gasteiger partial charge in [0.2, 0.25) is 12.0 Å². The molecule has 0 spiro atoms. The summed E-state index contributed by atoms with van der Waals surface area (Å²) in [5.41, 5.74) is -1.13. The van der Waals surface area contributed by atoms with Gasteiger partial charge in [-0.3, -0.25) is 14.4 Å². The van der Waals surface area contributed by atoms with E-state index in [2.05, 4.69) is 10.4 Å². The molecule has 256 valence electrons. The van der Waals surface area contributed by atoms with Crippen molar-refractivity contribution >= 4 is 27.7 Å². The Morgan fingerprint density at radius 1 is 1.00 bits per heavy atom. The third-order valence-electron chi connectivity index (χ3n) is 7.78. The van der Waals surface area contributed by atoms with Gasteiger partial charge in [-0.25, -0.2) is 22.7 Å². The Morgan fingerprint density at radius 2 is 1.57 bits per heavy atom. The lowest BCUT2D eigenvalue weighted by Gasteiger charge is -2.29. The summed E-state index contributed by atoms with van der Waals surface area (Å²) in [4.78, 5) is 43.1. The number of imide groups is 1. The topological polar surface area (TPSA) is 169 Å². The highest BCUT2D eigenvalue weighted by Crippen LogP contribution is 2.33. The molecule has 18 heteroatoms. The number of nitrogens with one attached hydrogen (secondary N) is 1. The van der Waals surface area contributed by atoms with Crippen LogP contribution in [-0.2, 0) is 25.8 Å². The van der Waals surface area contributed by atoms with Crippen LogP contribution in [0.25, 0.3) is 16.9 Å². The van der Waals surface area contributed by atoms with Gasteiger partial charge in [0.15, 0.2) is 11.2 Å². The summed E-state index contributed by atoms with van der Waals surface area (Å²) in [5, 5.41) is 20.3. The lowest BCUT2D eigenvalue weighted by atomic mass is 10.1. The van der Waals surface area contributed by atoms with E-state index >= 15 is 0 Å². The standard InChI is InChI=1S/C31H28F3N7O7S/c1-19-9-11-20(12-10-19)25-17-26(31(32,33)34)35-40(25)21-13-15-22(16-14-21)49(46,47)36-29(44)30(2,3)38(4)41(45)37-48-18-39-27(42)23-7-5-6-8-24(23)28(39)43/h5-17H,18H2,1-4H3,(H,36,44)/b41-37-. The normalized spacial score (nSPS) is 13.8. The zero-order chi connectivity index (χ0) is 35.9. The highest BCUT2D eigenvalue weighted by Gasteiger charge is 2.41. The number of amides is 3. The molecule has 1 N–H and O–H groups in total. The first-order valence-corrected chi connectivity index (χ1v) is 15.8. The van der Waals surface area contributed by atoms with Crippen molar-refractivity contribution in [3.63, 3.8) is 0 Å². The van der Waals surface area contributed by atoms with Crippen molar-refractivity contribution in [2.75, 3.05) is 13.8 Å². The van der Waals surface area contributed by atoms with Gasteiger partial charge in [0.1, 0.15) is 0 Å². The van der Waals surface area contributed by atoms with E-state index in [0.29, 0.717) is 10.6 Å². The van der Waals surface area contributed by atoms with E-state index in [1.165, 1.54) is 38.1 Å². The number of aryl methyl sites for hydroxylation is 1. The molecule has 49 heavy (non-hydrogen) atoms. The number of hydrazine groups is 1. The molecule has 1 aliphatic rings. The molecule has 4 aromatic rings. The van der Waals surface area contributed by atoms with Crippen molar-refractivity contribution in [1.82, 2.24) is 24.4 Å². The molecule has 0 radical (unpaired) electrons. The number of nitrogens with zero attached hydrogens (tertiary/aromatic N) is 6. The van der Waals surface area contributed by atoms with E-state index in [1.54, 1.807) is 36.4 Å². The molecule has 0 atom stereocenters. The highest BCUT2D eigenvalue weighted by atomic mass is 32.2. The molecular weight excluding hydrogens is 671 g/mol. The molecule has 3 aromatic carbocycles. The Hall–Kier alpha value is -5.78. The molecular formula is C31H28F3N7O7S. The average molecular weight is 700 g/mol. The predicted octanol–water partition coefficient (Wildman–Crippen LogP) is 4.44. The van der Waals surface area contributed by atoms with Gasteiger partial charge in [0.25, 0.3) is 27.7 Å². The van der Waals surface area contributed by atoms with Crippen LogP contribution in [0.3, 0.4) is 0 Å². The molecule has 3 amide bonds. The van der Waals surface area contributed by atoms with Crippen molar-refractivity contribution in [3.8, 4) is 16.9 Å². The summed E-state index contributed by atoms with van der Waals surface area (Å²) >= 11 is 0. The molecule has 0 saturated heterocycles. The fourth-order valence-corrected chi connectivity index (χ4v) is 5.73. The minimum atomic E-state index is -4.74. The smallest absolute Gasteiger partial charge is 0.435 e. The molecule has 0 saturated carbocycles. The van der Waals surface area contributed by atoms with Gasteiger partial charge in [0.05, 0.1) is 39.4 Å². The Bertz CT molecular complexity index is 2040. The zero-order valence-electron chi connectivity index (χ0n) is 26.3. The van der Waals surface area contributed by atoms with Crippen molar-refractivity contribution in [1.29, 1.82) is 0 Å². The molecule has 5 rings (SSSR count). The second-order valence-electron chi connectivity index (χ2n) is 11.4. The molecule has 1 aromatic heterocycles. The highest BCUT2D eigenvalue weighted by molar-refractivity contribution is 7.90. The quantitative estimate of drug-likeness (QED) is 0.109. The van der Waals surface area contributed by atoms with Crippen LogP contribution in [-0.4, -0.2) is 70.1 Å². The fraction of sp³-hybridized carbons (Fsp3) is 0.226. The Balaban J connectivity index is 1.28. The maximum atomic E-state index is 13.6. The number of aromatic nitrogens is 2. The summed E-state index contributed by atoms with van der Waals surface area (Å²) in [6, 6.07) is 18.3. The minimum absolute atomic E-state index is 0.112. The maximum absolute atomic E-state index is 13.6. The van der Waals surface area contributed by atoms with Crippen LogP contribution in [0.2, 0.25) is 0 Å². The Labute approximate surface area is 277 Å². The second kappa shape index (κ2) is 12.7. The van der Waals surface area contributed by atoms with Crippen molar-refractivity contribution in [2.24, 2.45) is 5.28 Å². The van der Waals surface area contributed by atoms with Gasteiger partial charge in [-0.15, -0.1) is 5.01 Å². The lowest BCUT2D eigenvalue weighted by molar-refractivity contribution is -0.717. The first-order valence-electron chi connectivity index (χ1n) is 14.3. The van der Waals surface area contributed by atoms with Crippen LogP contribution in [0, 0.1) is 12.1 Å². The summed E-state index contributed by atoms with van der Waals surface area (Å²) in [7, 11) is -3.43. The number of rotatable bonds is 10. The van der Waals surface area contributed by atoms with E-state index in [1.807, 2.05) is 11.6 Å². The van der Waals surface area contributed by atoms with Gasteiger partial charge >= 0.3 is 6.18 Å². The lowest BCUT2D eigenvalue weighted by Crippen LogP contribution is -2.56. The average Bonchev–Trinajstić information content (AvgIpc) is 3.61. The van der Waals surface area contributed by atoms with Crippen LogP contribution in [0.5, 0.6) is 0 Å². The van der Waals surface area contributed by atoms with Crippen molar-refractivity contribution < 1.29 is 45.8 Å². The van der Waals surface area contributed by atoms with Crippen LogP contribution in [0.1, 0.15) is 45.8 Å². The number of fused-ring (bicyclic) bond motifs is 1. The number of hydrogen-bond acceptors (Lipinski definition) is 9. The van der Waals surface area contributed by atoms with E-state index < -0.39 is 56.8 Å². The van der Waals surface area contributed by atoms with Gasteiger partial charge in [0, 0.05) is 5.56 Å². The van der Waals surface area contributed by atoms with Gasteiger partial charge < -0.3 is 10.0 Å².